The Labute approximate surface area is 657 Å². The molecule has 1 aliphatic carbocycles. The molecule has 0 amide bonds. The van der Waals surface area contributed by atoms with E-state index in [1.807, 2.05) is 33.7 Å². The highest BCUT2D eigenvalue weighted by molar-refractivity contribution is 7.11. The van der Waals surface area contributed by atoms with Crippen molar-refractivity contribution in [2.75, 3.05) is 13.1 Å². The van der Waals surface area contributed by atoms with Crippen LogP contribution in [0.1, 0.15) is 395 Å². The normalized spacial score (nSPS) is 15.9. The number of aliphatic imine (C=N–C) groups is 2. The number of hydrogen-bond donors (Lipinski definition) is 0. The highest BCUT2D eigenvalue weighted by atomic mass is 32.1. The lowest BCUT2D eigenvalue weighted by Crippen LogP contribution is -2.40. The van der Waals surface area contributed by atoms with Gasteiger partial charge in [0.15, 0.2) is 0 Å². The molecular weight excluding hydrogens is 1330 g/mol. The van der Waals surface area contributed by atoms with Crippen LogP contribution in [0.5, 0.6) is 0 Å². The van der Waals surface area contributed by atoms with Crippen molar-refractivity contribution in [1.82, 2.24) is 9.97 Å². The maximum atomic E-state index is 4.75. The Balaban J connectivity index is 0.000000606. The second kappa shape index (κ2) is 33.7. The summed E-state index contributed by atoms with van der Waals surface area (Å²) >= 11 is 7.40. The van der Waals surface area contributed by atoms with Crippen molar-refractivity contribution >= 4 is 56.8 Å². The molecule has 0 N–H and O–H groups in total. The number of aromatic nitrogens is 2. The summed E-state index contributed by atoms with van der Waals surface area (Å²) in [6, 6.07) is 4.62. The van der Waals surface area contributed by atoms with Gasteiger partial charge in [-0.3, -0.25) is 9.98 Å². The van der Waals surface area contributed by atoms with Gasteiger partial charge in [0.05, 0.1) is 35.5 Å². The highest BCUT2D eigenvalue weighted by Gasteiger charge is 2.46. The molecule has 3 aliphatic rings. The third-order valence-corrected chi connectivity index (χ3v) is 29.8. The van der Waals surface area contributed by atoms with E-state index in [0.717, 1.165) is 13.1 Å². The smallest absolute Gasteiger partial charge is 0.0798 e. The first-order valence-corrected chi connectivity index (χ1v) is 42.6. The van der Waals surface area contributed by atoms with Crippen LogP contribution >= 0.6 is 45.3 Å². The summed E-state index contributed by atoms with van der Waals surface area (Å²) in [7, 11) is 0. The Morgan fingerprint density at radius 2 is 0.650 bits per heavy atom. The lowest BCUT2D eigenvalue weighted by Gasteiger charge is -2.42. The first-order valence-electron chi connectivity index (χ1n) is 39.1. The molecule has 0 saturated heterocycles. The number of thiophene rings is 2. The summed E-state index contributed by atoms with van der Waals surface area (Å²) in [5.74, 6) is 0. The van der Waals surface area contributed by atoms with Crippen LogP contribution < -0.4 is 0 Å². The minimum Gasteiger partial charge on any atom is -0.285 e. The van der Waals surface area contributed by atoms with Crippen LogP contribution in [-0.2, 0) is 43.3 Å². The van der Waals surface area contributed by atoms with Gasteiger partial charge in [-0.2, -0.15) is 0 Å². The van der Waals surface area contributed by atoms with E-state index in [9.17, 15) is 0 Å². The topological polar surface area (TPSA) is 50.5 Å². The fourth-order valence-corrected chi connectivity index (χ4v) is 16.3. The average Bonchev–Trinajstić information content (AvgIpc) is 1.75. The molecule has 4 aromatic rings. The molecule has 0 atom stereocenters. The predicted octanol–water partition coefficient (Wildman–Crippen LogP) is 31.5. The molecule has 8 heteroatoms. The van der Waals surface area contributed by atoms with E-state index >= 15 is 0 Å². The summed E-state index contributed by atoms with van der Waals surface area (Å²) in [5.41, 5.74) is 21.8. The minimum absolute atomic E-state index is 0.107. The zero-order valence-electron chi connectivity index (χ0n) is 77.3. The molecule has 2 aliphatic heterocycles. The van der Waals surface area contributed by atoms with Gasteiger partial charge < -0.3 is 0 Å². The van der Waals surface area contributed by atoms with Crippen molar-refractivity contribution in [2.45, 2.75) is 396 Å². The van der Waals surface area contributed by atoms with Crippen LogP contribution in [0.2, 0.25) is 0 Å². The molecule has 0 spiro atoms. The summed E-state index contributed by atoms with van der Waals surface area (Å²) in [6.45, 7) is 117. The van der Waals surface area contributed by atoms with Gasteiger partial charge in [0.1, 0.15) is 0 Å². The van der Waals surface area contributed by atoms with Gasteiger partial charge in [0, 0.05) is 63.4 Å². The van der Waals surface area contributed by atoms with E-state index < -0.39 is 0 Å². The molecular formula is C95H166N4S4. The third-order valence-electron chi connectivity index (χ3n) is 24.8. The number of allylic oxidation sites excluding steroid dienone is 6. The van der Waals surface area contributed by atoms with E-state index in [1.165, 1.54) is 77.3 Å². The summed E-state index contributed by atoms with van der Waals surface area (Å²) < 4.78 is 0. The van der Waals surface area contributed by atoms with Crippen LogP contribution in [0.25, 0.3) is 0 Å². The number of rotatable bonds is 6. The second-order valence-corrected chi connectivity index (χ2v) is 49.4. The standard InChI is InChI=1S/2C15H27N.2C15H26S.2C14H25NS.C7H10/c1-13(2,3)12-11(9-10-16-12)15(7,8)14(4,5)6;1-13(2,3)11-9-10-16-12(11)15(7,8)14(4,5)6;1-13(2,3)12-11(9-10-16-12)15(7,8)14(4,5)6;1-13(2,3)11-9-10-16-12(11)15(7,8)14(4,5)6;1-12(2,3)11-10(15-9-16-11)14(7,8)13(4,5)6;1-12(2,3)10-11(16-9-15-10)14(7,8)13(4,5)6;1-6-4-3-5-7(6)2/h2*9H,10H2,1-8H3;2*9-10H,1-8H3;2*9H,1-8H3;3-4H,5H2,1-2H3. The Morgan fingerprint density at radius 1 is 0.291 bits per heavy atom. The first kappa shape index (κ1) is 98.0. The quantitative estimate of drug-likeness (QED) is 0.193. The molecule has 590 valence electrons. The molecule has 6 heterocycles. The Morgan fingerprint density at radius 3 is 0.981 bits per heavy atom. The van der Waals surface area contributed by atoms with Crippen molar-refractivity contribution in [2.24, 2.45) is 64.1 Å². The van der Waals surface area contributed by atoms with Crippen molar-refractivity contribution in [3.63, 3.8) is 0 Å². The van der Waals surface area contributed by atoms with Crippen molar-refractivity contribution in [3.8, 4) is 0 Å². The highest BCUT2D eigenvalue weighted by Crippen LogP contribution is 2.52. The average molecular weight is 1490 g/mol. The van der Waals surface area contributed by atoms with Crippen LogP contribution in [0.15, 0.2) is 90.5 Å². The van der Waals surface area contributed by atoms with Crippen LogP contribution in [-0.4, -0.2) is 34.5 Å². The molecule has 0 fully saturated rings. The fourth-order valence-electron chi connectivity index (χ4n) is 11.3. The van der Waals surface area contributed by atoms with Crippen molar-refractivity contribution < 1.29 is 0 Å². The van der Waals surface area contributed by atoms with Crippen molar-refractivity contribution in [1.29, 1.82) is 0 Å². The van der Waals surface area contributed by atoms with Gasteiger partial charge in [-0.05, 0) is 130 Å². The molecule has 0 bridgehead atoms. The number of nitrogens with zero attached hydrogens (tertiary/aromatic N) is 4. The molecule has 103 heavy (non-hydrogen) atoms. The fraction of sp³-hybridized carbons (Fsp3) is 0.747. The Hall–Kier alpha value is -3.04. The molecule has 4 nitrogen and oxygen atoms in total. The van der Waals surface area contributed by atoms with Gasteiger partial charge in [-0.1, -0.05) is 368 Å². The van der Waals surface area contributed by atoms with Crippen molar-refractivity contribution in [3.05, 3.63) is 123 Å². The second-order valence-electron chi connectivity index (χ2n) is 45.8. The van der Waals surface area contributed by atoms with Gasteiger partial charge >= 0.3 is 0 Å². The molecule has 0 saturated carbocycles. The Kier molecular flexibility index (Phi) is 32.0. The molecule has 4 aromatic heterocycles. The monoisotopic (exact) mass is 1490 g/mol. The summed E-state index contributed by atoms with van der Waals surface area (Å²) in [5, 5.41) is 4.48. The van der Waals surface area contributed by atoms with E-state index in [0.29, 0.717) is 0 Å². The van der Waals surface area contributed by atoms with Gasteiger partial charge in [-0.25, -0.2) is 9.97 Å². The van der Waals surface area contributed by atoms with E-state index in [1.54, 1.807) is 27.6 Å². The zero-order chi connectivity index (χ0) is 81.9. The SMILES string of the molecule is CC(C)(C)C1=CCN=C1C(C)(C)C(C)(C)C.CC(C)(C)C1=NCC=C1C(C)(C)C(C)(C)C.CC(C)(C)c1ccsc1C(C)(C)C(C)(C)C.CC(C)(C)c1ncsc1C(C)(C)C(C)(C)C.CC(C)(C)c1sccc1C(C)(C)C(C)(C)C.CC(C)(C)c1scnc1C(C)(C)C(C)(C)C.CC1=C(C)CC=C1. The largest absolute Gasteiger partial charge is 0.285 e. The third kappa shape index (κ3) is 25.0. The lowest BCUT2D eigenvalue weighted by atomic mass is 9.62. The maximum absolute atomic E-state index is 4.75. The van der Waals surface area contributed by atoms with Gasteiger partial charge in [0.25, 0.3) is 0 Å². The van der Waals surface area contributed by atoms with E-state index in [-0.39, 0.29) is 97.5 Å². The predicted molar refractivity (Wildman–Crippen MR) is 476 cm³/mol. The van der Waals surface area contributed by atoms with Crippen LogP contribution in [0.3, 0.4) is 0 Å². The van der Waals surface area contributed by atoms with Crippen LogP contribution in [0.4, 0.5) is 0 Å². The van der Waals surface area contributed by atoms with Crippen LogP contribution in [0, 0.1) is 54.1 Å². The lowest BCUT2D eigenvalue weighted by molar-refractivity contribution is 0.183. The minimum atomic E-state index is 0.107. The van der Waals surface area contributed by atoms with Gasteiger partial charge in [-0.15, -0.1) is 45.3 Å². The summed E-state index contributed by atoms with van der Waals surface area (Å²) in [4.78, 5) is 24.6. The maximum Gasteiger partial charge on any atom is 0.0798 e. The molecule has 0 radical (unpaired) electrons. The van der Waals surface area contributed by atoms with E-state index in [4.69, 9.17) is 9.98 Å². The number of hydrogen-bond acceptors (Lipinski definition) is 8. The zero-order valence-corrected chi connectivity index (χ0v) is 80.6. The van der Waals surface area contributed by atoms with E-state index in [2.05, 4.69) is 403 Å². The summed E-state index contributed by atoms with van der Waals surface area (Å²) in [6.07, 6.45) is 10.2. The first-order chi connectivity index (χ1) is 45.2. The number of thiazole rings is 2. The molecule has 0 unspecified atom stereocenters. The molecule has 0 aromatic carbocycles. The molecule has 7 rings (SSSR count). The van der Waals surface area contributed by atoms with Gasteiger partial charge in [0.2, 0.25) is 0 Å². The Bertz CT molecular complexity index is 3160.